The van der Waals surface area contributed by atoms with Crippen LogP contribution in [0.1, 0.15) is 18.9 Å². The van der Waals surface area contributed by atoms with Gasteiger partial charge in [0.1, 0.15) is 9.22 Å². The summed E-state index contributed by atoms with van der Waals surface area (Å²) < 4.78 is 26.8. The van der Waals surface area contributed by atoms with Crippen molar-refractivity contribution in [2.24, 2.45) is 0 Å². The fourth-order valence-electron chi connectivity index (χ4n) is 1.56. The summed E-state index contributed by atoms with van der Waals surface area (Å²) in [4.78, 5) is 14.1. The number of sulfonamides is 1. The molecule has 7 nitrogen and oxygen atoms in total. The highest BCUT2D eigenvalue weighted by Crippen LogP contribution is 2.37. The molecule has 0 saturated heterocycles. The Hall–Kier alpha value is -1.07. The van der Waals surface area contributed by atoms with E-state index in [0.29, 0.717) is 16.3 Å². The normalized spacial score (nSPS) is 12.5. The Labute approximate surface area is 133 Å². The van der Waals surface area contributed by atoms with Gasteiger partial charge in [-0.1, -0.05) is 11.6 Å². The lowest BCUT2D eigenvalue weighted by Gasteiger charge is -2.22. The van der Waals surface area contributed by atoms with Crippen LogP contribution in [0.2, 0.25) is 4.34 Å². The van der Waals surface area contributed by atoms with Crippen molar-refractivity contribution in [2.75, 3.05) is 0 Å². The molecule has 0 amide bonds. The smallest absolute Gasteiger partial charge is 0.258 e. The number of thiazole rings is 1. The summed E-state index contributed by atoms with van der Waals surface area (Å²) in [5.74, 6) is 0. The maximum Gasteiger partial charge on any atom is 0.300 e. The number of nitrogens with one attached hydrogen (secondary N) is 1. The first-order valence-corrected chi connectivity index (χ1v) is 9.07. The first-order chi connectivity index (χ1) is 9.63. The van der Waals surface area contributed by atoms with Crippen molar-refractivity contribution in [1.82, 2.24) is 9.71 Å². The highest BCUT2D eigenvalue weighted by atomic mass is 35.5. The number of thiophene rings is 1. The molecule has 0 aliphatic carbocycles. The highest BCUT2D eigenvalue weighted by Gasteiger charge is 2.33. The number of halogens is 1. The van der Waals surface area contributed by atoms with Crippen LogP contribution in [-0.4, -0.2) is 18.3 Å². The average Bonchev–Trinajstić information content (AvgIpc) is 2.95. The van der Waals surface area contributed by atoms with Gasteiger partial charge in [-0.3, -0.25) is 10.1 Å². The van der Waals surface area contributed by atoms with Crippen LogP contribution in [0.4, 0.5) is 5.69 Å². The van der Waals surface area contributed by atoms with Crippen molar-refractivity contribution in [3.63, 3.8) is 0 Å². The molecule has 0 unspecified atom stereocenters. The lowest BCUT2D eigenvalue weighted by molar-refractivity contribution is -0.384. The fraction of sp³-hybridized carbons (Fsp3) is 0.300. The molecule has 0 fully saturated rings. The topological polar surface area (TPSA) is 102 Å². The van der Waals surface area contributed by atoms with Crippen LogP contribution in [0, 0.1) is 10.1 Å². The Balaban J connectivity index is 2.35. The van der Waals surface area contributed by atoms with Gasteiger partial charge in [0.25, 0.3) is 15.7 Å². The largest absolute Gasteiger partial charge is 0.300 e. The second-order valence-electron chi connectivity index (χ2n) is 4.55. The summed E-state index contributed by atoms with van der Waals surface area (Å²) in [5, 5.41) is 13.1. The maximum absolute atomic E-state index is 12.3. The van der Waals surface area contributed by atoms with Crippen LogP contribution >= 0.6 is 34.3 Å². The lowest BCUT2D eigenvalue weighted by Crippen LogP contribution is -2.40. The third kappa shape index (κ3) is 3.40. The molecule has 1 N–H and O–H groups in total. The number of aromatic nitrogens is 1. The minimum atomic E-state index is -3.93. The third-order valence-corrected chi connectivity index (χ3v) is 7.03. The van der Waals surface area contributed by atoms with Crippen LogP contribution in [0.25, 0.3) is 0 Å². The maximum atomic E-state index is 12.3. The Morgan fingerprint density at radius 3 is 2.62 bits per heavy atom. The SMILES string of the molecule is CC(C)(NS(=O)(=O)c1cc([N+](=O)[O-])c(Cl)s1)c1nccs1. The molecular weight excluding hydrogens is 358 g/mol. The molecule has 114 valence electrons. The standard InChI is InChI=1S/C10H10ClN3O4S3/c1-10(2,9-12-3-4-19-9)13-21(17,18)7-5-6(14(15)16)8(11)20-7/h3-5,13H,1-2H3. The molecule has 0 saturated carbocycles. The molecule has 0 aliphatic heterocycles. The minimum Gasteiger partial charge on any atom is -0.258 e. The zero-order chi connectivity index (χ0) is 15.8. The van der Waals surface area contributed by atoms with E-state index >= 15 is 0 Å². The van der Waals surface area contributed by atoms with Crippen LogP contribution in [0.5, 0.6) is 0 Å². The third-order valence-electron chi connectivity index (χ3n) is 2.46. The molecule has 11 heteroatoms. The van der Waals surface area contributed by atoms with Crippen LogP contribution in [-0.2, 0) is 15.6 Å². The van der Waals surface area contributed by atoms with Crippen LogP contribution in [0.15, 0.2) is 21.9 Å². The van der Waals surface area contributed by atoms with Gasteiger partial charge in [-0.05, 0) is 13.8 Å². The van der Waals surface area contributed by atoms with E-state index in [1.807, 2.05) is 0 Å². The van der Waals surface area contributed by atoms with Crippen molar-refractivity contribution < 1.29 is 13.3 Å². The van der Waals surface area contributed by atoms with Crippen molar-refractivity contribution in [3.8, 4) is 0 Å². The van der Waals surface area contributed by atoms with Gasteiger partial charge in [-0.2, -0.15) is 4.72 Å². The summed E-state index contributed by atoms with van der Waals surface area (Å²) in [6, 6.07) is 0.952. The molecular formula is C10H10ClN3O4S3. The summed E-state index contributed by atoms with van der Waals surface area (Å²) in [6.07, 6.45) is 1.57. The van der Waals surface area contributed by atoms with Crippen LogP contribution in [0.3, 0.4) is 0 Å². The molecule has 2 heterocycles. The Bertz CT molecular complexity index is 768. The summed E-state index contributed by atoms with van der Waals surface area (Å²) in [6.45, 7) is 3.32. The van der Waals surface area contributed by atoms with Crippen molar-refractivity contribution in [3.05, 3.63) is 37.1 Å². The van der Waals surface area contributed by atoms with E-state index < -0.39 is 26.2 Å². The molecule has 21 heavy (non-hydrogen) atoms. The van der Waals surface area contributed by atoms with Gasteiger partial charge in [0.15, 0.2) is 4.34 Å². The molecule has 2 aromatic rings. The molecule has 0 radical (unpaired) electrons. The lowest BCUT2D eigenvalue weighted by atomic mass is 10.1. The van der Waals surface area contributed by atoms with Gasteiger partial charge in [0.2, 0.25) is 0 Å². The predicted octanol–water partition coefficient (Wildman–Crippen LogP) is 2.98. The monoisotopic (exact) mass is 367 g/mol. The predicted molar refractivity (Wildman–Crippen MR) is 81.4 cm³/mol. The van der Waals surface area contributed by atoms with Crippen molar-refractivity contribution in [2.45, 2.75) is 23.6 Å². The van der Waals surface area contributed by atoms with E-state index in [0.717, 1.165) is 6.07 Å². The van der Waals surface area contributed by atoms with Crippen molar-refractivity contribution in [1.29, 1.82) is 0 Å². The second kappa shape index (κ2) is 5.61. The molecule has 2 rings (SSSR count). The van der Waals surface area contributed by atoms with E-state index in [-0.39, 0.29) is 8.55 Å². The van der Waals surface area contributed by atoms with Crippen LogP contribution < -0.4 is 4.72 Å². The van der Waals surface area contributed by atoms with Crippen molar-refractivity contribution >= 4 is 50.0 Å². The number of rotatable bonds is 5. The van der Waals surface area contributed by atoms with Gasteiger partial charge in [-0.15, -0.1) is 22.7 Å². The summed E-state index contributed by atoms with van der Waals surface area (Å²) in [5.41, 5.74) is -1.35. The minimum absolute atomic E-state index is 0.174. The van der Waals surface area contributed by atoms with E-state index in [1.165, 1.54) is 11.3 Å². The first-order valence-electron chi connectivity index (χ1n) is 5.51. The Morgan fingerprint density at radius 2 is 2.14 bits per heavy atom. The zero-order valence-electron chi connectivity index (χ0n) is 10.9. The van der Waals surface area contributed by atoms with E-state index in [1.54, 1.807) is 25.4 Å². The number of nitrogens with zero attached hydrogens (tertiary/aromatic N) is 2. The summed E-state index contributed by atoms with van der Waals surface area (Å²) in [7, 11) is -3.93. The summed E-state index contributed by atoms with van der Waals surface area (Å²) >= 11 is 7.65. The van der Waals surface area contributed by atoms with Gasteiger partial charge in [-0.25, -0.2) is 13.4 Å². The van der Waals surface area contributed by atoms with E-state index in [4.69, 9.17) is 11.6 Å². The Morgan fingerprint density at radius 1 is 1.48 bits per heavy atom. The van der Waals surface area contributed by atoms with E-state index in [9.17, 15) is 18.5 Å². The zero-order valence-corrected chi connectivity index (χ0v) is 14.1. The number of hydrogen-bond acceptors (Lipinski definition) is 7. The van der Waals surface area contributed by atoms with E-state index in [2.05, 4.69) is 9.71 Å². The fourth-order valence-corrected chi connectivity index (χ4v) is 5.38. The molecule has 0 atom stereocenters. The number of hydrogen-bond donors (Lipinski definition) is 1. The molecule has 0 aromatic carbocycles. The van der Waals surface area contributed by atoms with Gasteiger partial charge in [0, 0.05) is 17.6 Å². The quantitative estimate of drug-likeness (QED) is 0.646. The Kier molecular flexibility index (Phi) is 4.36. The molecule has 0 bridgehead atoms. The van der Waals surface area contributed by atoms with Gasteiger partial charge < -0.3 is 0 Å². The molecule has 0 spiro atoms. The van der Waals surface area contributed by atoms with Gasteiger partial charge >= 0.3 is 0 Å². The second-order valence-corrected chi connectivity index (χ2v) is 9.01. The number of nitro groups is 1. The first kappa shape index (κ1) is 16.3. The highest BCUT2D eigenvalue weighted by molar-refractivity contribution is 7.91. The molecule has 0 aliphatic rings. The van der Waals surface area contributed by atoms with Gasteiger partial charge in [0.05, 0.1) is 10.5 Å². The molecule has 2 aromatic heterocycles. The average molecular weight is 368 g/mol.